The summed E-state index contributed by atoms with van der Waals surface area (Å²) in [4.78, 5) is 52.7. The van der Waals surface area contributed by atoms with E-state index in [2.05, 4.69) is 5.32 Å². The van der Waals surface area contributed by atoms with Gasteiger partial charge in [-0.05, 0) is 6.92 Å². The number of benzene rings is 1. The van der Waals surface area contributed by atoms with Gasteiger partial charge in [-0.25, -0.2) is 4.79 Å². The van der Waals surface area contributed by atoms with Crippen LogP contribution >= 0.6 is 0 Å². The lowest BCUT2D eigenvalue weighted by atomic mass is 9.89. The number of hydrogen-bond acceptors (Lipinski definition) is 6. The first-order chi connectivity index (χ1) is 12.9. The summed E-state index contributed by atoms with van der Waals surface area (Å²) in [6.45, 7) is 4.76. The van der Waals surface area contributed by atoms with Crippen molar-refractivity contribution in [1.82, 2.24) is 15.1 Å². The van der Waals surface area contributed by atoms with Gasteiger partial charge in [-0.1, -0.05) is 24.3 Å². The fourth-order valence-electron chi connectivity index (χ4n) is 3.28. The average molecular weight is 371 g/mol. The molecule has 0 aromatic heterocycles. The SMILES string of the molecule is CCOC(=O)N1CCN(C2=C(NC(C)=O)C(=O)c3ccccc3C2=O)CC1. The summed E-state index contributed by atoms with van der Waals surface area (Å²) in [6, 6.07) is 6.56. The van der Waals surface area contributed by atoms with Gasteiger partial charge in [0, 0.05) is 44.2 Å². The van der Waals surface area contributed by atoms with Gasteiger partial charge in [-0.2, -0.15) is 0 Å². The van der Waals surface area contributed by atoms with Gasteiger partial charge in [0.25, 0.3) is 0 Å². The average Bonchev–Trinajstić information content (AvgIpc) is 2.66. The van der Waals surface area contributed by atoms with Gasteiger partial charge in [0.05, 0.1) is 6.61 Å². The van der Waals surface area contributed by atoms with E-state index in [1.807, 2.05) is 0 Å². The van der Waals surface area contributed by atoms with Gasteiger partial charge in [-0.15, -0.1) is 0 Å². The number of piperazine rings is 1. The molecule has 1 fully saturated rings. The predicted octanol–water partition coefficient (Wildman–Crippen LogP) is 1.19. The minimum absolute atomic E-state index is 0.00390. The molecule has 0 atom stereocenters. The van der Waals surface area contributed by atoms with Crippen LogP contribution in [0.5, 0.6) is 0 Å². The number of fused-ring (bicyclic) bond motifs is 1. The van der Waals surface area contributed by atoms with E-state index in [0.29, 0.717) is 38.3 Å². The van der Waals surface area contributed by atoms with E-state index in [1.165, 1.54) is 6.92 Å². The van der Waals surface area contributed by atoms with Crippen molar-refractivity contribution in [1.29, 1.82) is 0 Å². The summed E-state index contributed by atoms with van der Waals surface area (Å²) in [7, 11) is 0. The first-order valence-electron chi connectivity index (χ1n) is 8.81. The molecule has 1 aliphatic carbocycles. The summed E-state index contributed by atoms with van der Waals surface area (Å²) in [5.41, 5.74) is 0.771. The molecule has 2 aliphatic rings. The van der Waals surface area contributed by atoms with Crippen LogP contribution in [0.25, 0.3) is 0 Å². The van der Waals surface area contributed by atoms with Crippen LogP contribution in [-0.2, 0) is 9.53 Å². The lowest BCUT2D eigenvalue weighted by molar-refractivity contribution is -0.118. The highest BCUT2D eigenvalue weighted by molar-refractivity contribution is 6.27. The second-order valence-electron chi connectivity index (χ2n) is 6.28. The molecule has 0 bridgehead atoms. The summed E-state index contributed by atoms with van der Waals surface area (Å²) in [5, 5.41) is 2.53. The summed E-state index contributed by atoms with van der Waals surface area (Å²) >= 11 is 0. The standard InChI is InChI=1S/C19H21N3O5/c1-3-27-19(26)22-10-8-21(9-11-22)16-15(20-12(2)23)17(24)13-6-4-5-7-14(13)18(16)25/h4-7H,3,8-11H2,1-2H3,(H,20,23). The number of ether oxygens (including phenoxy) is 1. The molecule has 1 aliphatic heterocycles. The summed E-state index contributed by atoms with van der Waals surface area (Å²) in [6.07, 6.45) is -0.399. The quantitative estimate of drug-likeness (QED) is 0.857. The largest absolute Gasteiger partial charge is 0.450 e. The Balaban J connectivity index is 1.91. The summed E-state index contributed by atoms with van der Waals surface area (Å²) in [5.74, 6) is -1.12. The molecule has 1 aromatic carbocycles. The first kappa shape index (κ1) is 18.6. The van der Waals surface area contributed by atoms with Gasteiger partial charge >= 0.3 is 6.09 Å². The summed E-state index contributed by atoms with van der Waals surface area (Å²) < 4.78 is 5.00. The highest BCUT2D eigenvalue weighted by Crippen LogP contribution is 2.28. The van der Waals surface area contributed by atoms with Crippen LogP contribution in [0.3, 0.4) is 0 Å². The van der Waals surface area contributed by atoms with Crippen LogP contribution in [0.4, 0.5) is 4.79 Å². The van der Waals surface area contributed by atoms with Gasteiger partial charge < -0.3 is 19.9 Å². The molecule has 142 valence electrons. The smallest absolute Gasteiger partial charge is 0.409 e. The Morgan fingerprint density at radius 2 is 1.63 bits per heavy atom. The van der Waals surface area contributed by atoms with E-state index >= 15 is 0 Å². The van der Waals surface area contributed by atoms with Crippen LogP contribution in [0.2, 0.25) is 0 Å². The number of amides is 2. The number of ketones is 2. The molecule has 1 heterocycles. The minimum Gasteiger partial charge on any atom is -0.450 e. The second-order valence-corrected chi connectivity index (χ2v) is 6.28. The fraction of sp³-hybridized carbons (Fsp3) is 0.368. The number of carbonyl (C=O) groups is 4. The third kappa shape index (κ3) is 3.55. The minimum atomic E-state index is -0.423. The Hall–Kier alpha value is -3.16. The van der Waals surface area contributed by atoms with Crippen LogP contribution in [0.15, 0.2) is 35.7 Å². The molecular formula is C19H21N3O5. The normalized spacial score (nSPS) is 17.0. The van der Waals surface area contributed by atoms with Crippen molar-refractivity contribution in [3.8, 4) is 0 Å². The second kappa shape index (κ2) is 7.61. The lowest BCUT2D eigenvalue weighted by Crippen LogP contribution is -2.51. The van der Waals surface area contributed by atoms with Crippen molar-refractivity contribution in [2.24, 2.45) is 0 Å². The molecule has 1 aromatic rings. The first-order valence-corrected chi connectivity index (χ1v) is 8.81. The maximum Gasteiger partial charge on any atom is 0.409 e. The van der Waals surface area contributed by atoms with E-state index < -0.39 is 12.0 Å². The number of hydrogen-bond donors (Lipinski definition) is 1. The number of nitrogens with zero attached hydrogens (tertiary/aromatic N) is 2. The van der Waals surface area contributed by atoms with Gasteiger partial charge in [-0.3, -0.25) is 14.4 Å². The molecule has 0 radical (unpaired) electrons. The molecular weight excluding hydrogens is 350 g/mol. The third-order valence-electron chi connectivity index (χ3n) is 4.52. The Morgan fingerprint density at radius 1 is 1.04 bits per heavy atom. The Morgan fingerprint density at radius 3 is 2.19 bits per heavy atom. The molecule has 8 nitrogen and oxygen atoms in total. The van der Waals surface area contributed by atoms with E-state index in [1.54, 1.807) is 41.0 Å². The van der Waals surface area contributed by atoms with E-state index in [0.717, 1.165) is 0 Å². The molecule has 2 amide bonds. The monoisotopic (exact) mass is 371 g/mol. The molecule has 1 N–H and O–H groups in total. The maximum atomic E-state index is 13.1. The molecule has 27 heavy (non-hydrogen) atoms. The van der Waals surface area contributed by atoms with Crippen molar-refractivity contribution in [2.45, 2.75) is 13.8 Å². The van der Waals surface area contributed by atoms with Gasteiger partial charge in [0.1, 0.15) is 11.4 Å². The Labute approximate surface area is 156 Å². The number of Topliss-reactive ketones (excluding diaryl/α,β-unsaturated/α-hetero) is 2. The zero-order chi connectivity index (χ0) is 19.6. The van der Waals surface area contributed by atoms with Crippen molar-refractivity contribution in [2.75, 3.05) is 32.8 Å². The van der Waals surface area contributed by atoms with Crippen molar-refractivity contribution < 1.29 is 23.9 Å². The third-order valence-corrected chi connectivity index (χ3v) is 4.52. The lowest BCUT2D eigenvalue weighted by Gasteiger charge is -2.38. The van der Waals surface area contributed by atoms with Gasteiger partial charge in [0.2, 0.25) is 17.5 Å². The van der Waals surface area contributed by atoms with Crippen LogP contribution in [-0.4, -0.2) is 66.2 Å². The van der Waals surface area contributed by atoms with Crippen molar-refractivity contribution in [3.63, 3.8) is 0 Å². The molecule has 1 saturated heterocycles. The number of allylic oxidation sites excluding steroid dienone is 2. The molecule has 0 unspecified atom stereocenters. The van der Waals surface area contributed by atoms with Crippen LogP contribution < -0.4 is 5.32 Å². The molecule has 0 spiro atoms. The fourth-order valence-corrected chi connectivity index (χ4v) is 3.28. The van der Waals surface area contributed by atoms with Crippen molar-refractivity contribution >= 4 is 23.6 Å². The zero-order valence-corrected chi connectivity index (χ0v) is 15.3. The topological polar surface area (TPSA) is 96.0 Å². The van der Waals surface area contributed by atoms with Crippen molar-refractivity contribution in [3.05, 3.63) is 46.8 Å². The highest BCUT2D eigenvalue weighted by atomic mass is 16.6. The van der Waals surface area contributed by atoms with Crippen LogP contribution in [0, 0.1) is 0 Å². The molecule has 3 rings (SSSR count). The molecule has 0 saturated carbocycles. The predicted molar refractivity (Wildman–Crippen MR) is 96.1 cm³/mol. The van der Waals surface area contributed by atoms with E-state index in [-0.39, 0.29) is 28.5 Å². The number of nitrogens with one attached hydrogen (secondary N) is 1. The van der Waals surface area contributed by atoms with E-state index in [9.17, 15) is 19.2 Å². The number of rotatable bonds is 3. The van der Waals surface area contributed by atoms with Gasteiger partial charge in [0.15, 0.2) is 0 Å². The highest BCUT2D eigenvalue weighted by Gasteiger charge is 2.37. The Kier molecular flexibility index (Phi) is 5.25. The van der Waals surface area contributed by atoms with E-state index in [4.69, 9.17) is 4.74 Å². The molecule has 8 heteroatoms. The Bertz CT molecular complexity index is 838. The number of carbonyl (C=O) groups excluding carboxylic acids is 4. The zero-order valence-electron chi connectivity index (χ0n) is 15.3. The maximum absolute atomic E-state index is 13.1. The van der Waals surface area contributed by atoms with Crippen LogP contribution in [0.1, 0.15) is 34.6 Å².